The molecule has 0 saturated heterocycles. The SMILES string of the molecule is COc1ccc(C(O)CN(C)C(=O)CC(C)(C)c2ccccc2)cc1. The van der Waals surface area contributed by atoms with E-state index < -0.39 is 6.10 Å². The third-order valence-corrected chi connectivity index (χ3v) is 4.52. The van der Waals surface area contributed by atoms with Crippen molar-refractivity contribution in [1.29, 1.82) is 0 Å². The maximum Gasteiger partial charge on any atom is 0.223 e. The van der Waals surface area contributed by atoms with E-state index in [1.807, 2.05) is 42.5 Å². The second kappa shape index (κ2) is 8.17. The van der Waals surface area contributed by atoms with Crippen molar-refractivity contribution in [2.45, 2.75) is 31.8 Å². The van der Waals surface area contributed by atoms with Gasteiger partial charge < -0.3 is 14.7 Å². The van der Waals surface area contributed by atoms with Gasteiger partial charge in [0.2, 0.25) is 5.91 Å². The lowest BCUT2D eigenvalue weighted by atomic mass is 9.81. The average Bonchev–Trinajstić information content (AvgIpc) is 2.62. The minimum absolute atomic E-state index is 0.0152. The van der Waals surface area contributed by atoms with Crippen LogP contribution in [0.25, 0.3) is 0 Å². The van der Waals surface area contributed by atoms with Gasteiger partial charge in [0, 0.05) is 13.5 Å². The van der Waals surface area contributed by atoms with Crippen LogP contribution in [0.5, 0.6) is 5.75 Å². The van der Waals surface area contributed by atoms with E-state index in [2.05, 4.69) is 13.8 Å². The molecule has 2 rings (SSSR count). The highest BCUT2D eigenvalue weighted by Crippen LogP contribution is 2.28. The first kappa shape index (κ1) is 19.0. The fourth-order valence-corrected chi connectivity index (χ4v) is 2.80. The molecule has 2 aromatic carbocycles. The fraction of sp³-hybridized carbons (Fsp3) is 0.381. The predicted octanol–water partition coefficient (Wildman–Crippen LogP) is 3.55. The van der Waals surface area contributed by atoms with Gasteiger partial charge in [-0.1, -0.05) is 56.3 Å². The summed E-state index contributed by atoms with van der Waals surface area (Å²) >= 11 is 0. The molecule has 0 fully saturated rings. The van der Waals surface area contributed by atoms with Crippen LogP contribution in [0.2, 0.25) is 0 Å². The highest BCUT2D eigenvalue weighted by atomic mass is 16.5. The molecule has 0 aliphatic rings. The van der Waals surface area contributed by atoms with E-state index >= 15 is 0 Å². The quantitative estimate of drug-likeness (QED) is 0.838. The minimum Gasteiger partial charge on any atom is -0.497 e. The molecule has 1 unspecified atom stereocenters. The van der Waals surface area contributed by atoms with Gasteiger partial charge in [-0.05, 0) is 28.7 Å². The molecule has 25 heavy (non-hydrogen) atoms. The number of carbonyl (C=O) groups excluding carboxylic acids is 1. The lowest BCUT2D eigenvalue weighted by Gasteiger charge is -2.28. The summed E-state index contributed by atoms with van der Waals surface area (Å²) in [4.78, 5) is 14.2. The van der Waals surface area contributed by atoms with Gasteiger partial charge in [-0.15, -0.1) is 0 Å². The van der Waals surface area contributed by atoms with E-state index in [9.17, 15) is 9.90 Å². The van der Waals surface area contributed by atoms with Crippen LogP contribution in [0.3, 0.4) is 0 Å². The zero-order chi connectivity index (χ0) is 18.4. The first-order valence-corrected chi connectivity index (χ1v) is 8.45. The molecule has 0 saturated carbocycles. The zero-order valence-electron chi connectivity index (χ0n) is 15.4. The van der Waals surface area contributed by atoms with Gasteiger partial charge in [-0.2, -0.15) is 0 Å². The van der Waals surface area contributed by atoms with Crippen LogP contribution in [0.4, 0.5) is 0 Å². The van der Waals surface area contributed by atoms with Crippen molar-refractivity contribution in [1.82, 2.24) is 4.90 Å². The molecule has 134 valence electrons. The molecular weight excluding hydrogens is 314 g/mol. The number of methoxy groups -OCH3 is 1. The van der Waals surface area contributed by atoms with Crippen LogP contribution >= 0.6 is 0 Å². The molecule has 4 heteroatoms. The van der Waals surface area contributed by atoms with E-state index in [1.54, 1.807) is 31.2 Å². The topological polar surface area (TPSA) is 49.8 Å². The van der Waals surface area contributed by atoms with Crippen molar-refractivity contribution in [2.75, 3.05) is 20.7 Å². The summed E-state index contributed by atoms with van der Waals surface area (Å²) in [6, 6.07) is 17.3. The Morgan fingerprint density at radius 3 is 2.28 bits per heavy atom. The number of rotatable bonds is 7. The Labute approximate surface area is 150 Å². The van der Waals surface area contributed by atoms with Gasteiger partial charge in [0.1, 0.15) is 5.75 Å². The summed E-state index contributed by atoms with van der Waals surface area (Å²) in [5, 5.41) is 10.4. The Morgan fingerprint density at radius 1 is 1.12 bits per heavy atom. The molecule has 1 amide bonds. The molecule has 0 heterocycles. The Balaban J connectivity index is 1.97. The summed E-state index contributed by atoms with van der Waals surface area (Å²) in [6.45, 7) is 4.39. The minimum atomic E-state index is -0.723. The number of benzene rings is 2. The van der Waals surface area contributed by atoms with Crippen LogP contribution in [0.1, 0.15) is 37.5 Å². The van der Waals surface area contributed by atoms with Gasteiger partial charge in [-0.3, -0.25) is 4.79 Å². The molecule has 4 nitrogen and oxygen atoms in total. The van der Waals surface area contributed by atoms with E-state index in [0.29, 0.717) is 6.42 Å². The van der Waals surface area contributed by atoms with Gasteiger partial charge in [-0.25, -0.2) is 0 Å². The van der Waals surface area contributed by atoms with E-state index in [0.717, 1.165) is 16.9 Å². The van der Waals surface area contributed by atoms with Gasteiger partial charge in [0.15, 0.2) is 0 Å². The highest BCUT2D eigenvalue weighted by molar-refractivity contribution is 5.77. The van der Waals surface area contributed by atoms with Crippen molar-refractivity contribution in [2.24, 2.45) is 0 Å². The van der Waals surface area contributed by atoms with Crippen molar-refractivity contribution in [3.63, 3.8) is 0 Å². The monoisotopic (exact) mass is 341 g/mol. The third-order valence-electron chi connectivity index (χ3n) is 4.52. The molecule has 0 spiro atoms. The summed E-state index contributed by atoms with van der Waals surface area (Å²) in [5.41, 5.74) is 1.65. The van der Waals surface area contributed by atoms with Crippen LogP contribution in [-0.4, -0.2) is 36.6 Å². The summed E-state index contributed by atoms with van der Waals surface area (Å²) in [5.74, 6) is 0.756. The van der Waals surface area contributed by atoms with E-state index in [-0.39, 0.29) is 17.9 Å². The number of hydrogen-bond acceptors (Lipinski definition) is 3. The van der Waals surface area contributed by atoms with Crippen molar-refractivity contribution >= 4 is 5.91 Å². The number of aliphatic hydroxyl groups is 1. The molecule has 0 bridgehead atoms. The molecule has 1 atom stereocenters. The third kappa shape index (κ3) is 5.07. The first-order chi connectivity index (χ1) is 11.8. The van der Waals surface area contributed by atoms with Gasteiger partial charge in [0.25, 0.3) is 0 Å². The number of ether oxygens (including phenoxy) is 1. The predicted molar refractivity (Wildman–Crippen MR) is 99.7 cm³/mol. The Kier molecular flexibility index (Phi) is 6.21. The molecule has 2 aromatic rings. The van der Waals surface area contributed by atoms with Crippen LogP contribution in [0.15, 0.2) is 54.6 Å². The lowest BCUT2D eigenvalue weighted by Crippen LogP contribution is -2.35. The Morgan fingerprint density at radius 2 is 1.72 bits per heavy atom. The number of nitrogens with zero attached hydrogens (tertiary/aromatic N) is 1. The van der Waals surface area contributed by atoms with Crippen LogP contribution in [-0.2, 0) is 10.2 Å². The summed E-state index contributed by atoms with van der Waals surface area (Å²) in [7, 11) is 3.34. The maximum absolute atomic E-state index is 12.6. The van der Waals surface area contributed by atoms with Crippen molar-refractivity contribution in [3.05, 3.63) is 65.7 Å². The maximum atomic E-state index is 12.6. The summed E-state index contributed by atoms with van der Waals surface area (Å²) in [6.07, 6.45) is -0.331. The Hall–Kier alpha value is -2.33. The van der Waals surface area contributed by atoms with Gasteiger partial charge in [0.05, 0.1) is 19.8 Å². The second-order valence-corrected chi connectivity index (χ2v) is 6.99. The largest absolute Gasteiger partial charge is 0.497 e. The molecular formula is C21H27NO3. The number of aliphatic hydroxyl groups excluding tert-OH is 1. The first-order valence-electron chi connectivity index (χ1n) is 8.45. The van der Waals surface area contributed by atoms with Crippen LogP contribution < -0.4 is 4.74 Å². The Bertz CT molecular complexity index is 680. The number of amides is 1. The fourth-order valence-electron chi connectivity index (χ4n) is 2.80. The number of carbonyl (C=O) groups is 1. The lowest BCUT2D eigenvalue weighted by molar-refractivity contribution is -0.132. The molecule has 0 radical (unpaired) electrons. The number of hydrogen-bond donors (Lipinski definition) is 1. The normalized spacial score (nSPS) is 12.5. The van der Waals surface area contributed by atoms with Crippen molar-refractivity contribution in [3.8, 4) is 5.75 Å². The highest BCUT2D eigenvalue weighted by Gasteiger charge is 2.26. The molecule has 0 aliphatic heterocycles. The number of likely N-dealkylation sites (N-methyl/N-ethyl adjacent to an activating group) is 1. The smallest absolute Gasteiger partial charge is 0.223 e. The average molecular weight is 341 g/mol. The summed E-state index contributed by atoms with van der Waals surface area (Å²) < 4.78 is 5.12. The van der Waals surface area contributed by atoms with E-state index in [1.165, 1.54) is 0 Å². The standard InChI is InChI=1S/C21H27NO3/c1-21(2,17-8-6-5-7-9-17)14-20(24)22(3)15-19(23)16-10-12-18(25-4)13-11-16/h5-13,19,23H,14-15H2,1-4H3. The zero-order valence-corrected chi connectivity index (χ0v) is 15.4. The molecule has 0 aromatic heterocycles. The second-order valence-electron chi connectivity index (χ2n) is 6.99. The van der Waals surface area contributed by atoms with Gasteiger partial charge >= 0.3 is 0 Å². The molecule has 0 aliphatic carbocycles. The van der Waals surface area contributed by atoms with Crippen LogP contribution in [0, 0.1) is 0 Å². The van der Waals surface area contributed by atoms with E-state index in [4.69, 9.17) is 4.74 Å². The molecule has 1 N–H and O–H groups in total. The van der Waals surface area contributed by atoms with Crippen molar-refractivity contribution < 1.29 is 14.6 Å².